The van der Waals surface area contributed by atoms with Crippen LogP contribution in [0.2, 0.25) is 0 Å². The maximum absolute atomic E-state index is 11.5. The molecule has 5 heteroatoms. The highest BCUT2D eigenvalue weighted by molar-refractivity contribution is 5.82. The fourth-order valence-electron chi connectivity index (χ4n) is 2.29. The molecule has 2 saturated carbocycles. The number of rotatable bonds is 6. The first kappa shape index (κ1) is 12.2. The van der Waals surface area contributed by atoms with E-state index in [-0.39, 0.29) is 6.03 Å². The third kappa shape index (κ3) is 3.61. The fraction of sp³-hybridized carbons (Fsp3) is 0.833. The second-order valence-corrected chi connectivity index (χ2v) is 5.25. The Morgan fingerprint density at radius 1 is 1.24 bits per heavy atom. The van der Waals surface area contributed by atoms with E-state index < -0.39 is 12.0 Å². The second-order valence-electron chi connectivity index (χ2n) is 5.25. The van der Waals surface area contributed by atoms with Crippen molar-refractivity contribution in [3.05, 3.63) is 0 Å². The number of hydrogen-bond donors (Lipinski definition) is 3. The molecule has 96 valence electrons. The maximum Gasteiger partial charge on any atom is 0.325 e. The zero-order valence-electron chi connectivity index (χ0n) is 10.1. The Morgan fingerprint density at radius 2 is 1.76 bits per heavy atom. The van der Waals surface area contributed by atoms with Crippen LogP contribution in [0.25, 0.3) is 0 Å². The van der Waals surface area contributed by atoms with Crippen LogP contribution in [0.5, 0.6) is 0 Å². The number of hydrogen-bond acceptors (Lipinski definition) is 2. The Kier molecular flexibility index (Phi) is 3.54. The van der Waals surface area contributed by atoms with Gasteiger partial charge in [0.05, 0.1) is 0 Å². The van der Waals surface area contributed by atoms with Gasteiger partial charge in [0.15, 0.2) is 0 Å². The molecule has 2 amide bonds. The lowest BCUT2D eigenvalue weighted by atomic mass is 9.98. The van der Waals surface area contributed by atoms with Crippen LogP contribution in [-0.2, 0) is 4.79 Å². The fourth-order valence-corrected chi connectivity index (χ4v) is 2.29. The van der Waals surface area contributed by atoms with E-state index in [1.54, 1.807) is 0 Å². The van der Waals surface area contributed by atoms with Gasteiger partial charge in [0.2, 0.25) is 0 Å². The van der Waals surface area contributed by atoms with Crippen molar-refractivity contribution in [2.45, 2.75) is 38.6 Å². The van der Waals surface area contributed by atoms with Crippen LogP contribution in [-0.4, -0.2) is 29.7 Å². The van der Waals surface area contributed by atoms with Gasteiger partial charge < -0.3 is 15.7 Å². The van der Waals surface area contributed by atoms with Gasteiger partial charge in [-0.2, -0.15) is 0 Å². The number of carbonyl (C=O) groups excluding carboxylic acids is 1. The molecule has 0 aliphatic heterocycles. The molecule has 0 aromatic rings. The largest absolute Gasteiger partial charge is 0.480 e. The molecule has 0 saturated heterocycles. The van der Waals surface area contributed by atoms with Crippen LogP contribution < -0.4 is 10.6 Å². The second kappa shape index (κ2) is 4.94. The normalized spacial score (nSPS) is 21.1. The number of carbonyl (C=O) groups is 2. The molecular weight excluding hydrogens is 220 g/mol. The lowest BCUT2D eigenvalue weighted by Crippen LogP contribution is -2.45. The van der Waals surface area contributed by atoms with Crippen molar-refractivity contribution in [3.63, 3.8) is 0 Å². The molecule has 17 heavy (non-hydrogen) atoms. The number of amides is 2. The van der Waals surface area contributed by atoms with Crippen molar-refractivity contribution in [2.75, 3.05) is 6.54 Å². The highest BCUT2D eigenvalue weighted by atomic mass is 16.4. The van der Waals surface area contributed by atoms with Crippen LogP contribution in [0, 0.1) is 17.8 Å². The molecule has 0 heterocycles. The summed E-state index contributed by atoms with van der Waals surface area (Å²) in [5, 5.41) is 13.9. The molecule has 0 aromatic carbocycles. The monoisotopic (exact) mass is 240 g/mol. The predicted octanol–water partition coefficient (Wildman–Crippen LogP) is 1.19. The van der Waals surface area contributed by atoms with E-state index in [1.807, 2.05) is 0 Å². The van der Waals surface area contributed by atoms with E-state index >= 15 is 0 Å². The molecular formula is C12H20N2O3. The van der Waals surface area contributed by atoms with Crippen molar-refractivity contribution in [1.29, 1.82) is 0 Å². The highest BCUT2D eigenvalue weighted by Gasteiger charge is 2.41. The van der Waals surface area contributed by atoms with E-state index in [0.29, 0.717) is 12.5 Å². The van der Waals surface area contributed by atoms with Gasteiger partial charge in [-0.05, 0) is 50.4 Å². The van der Waals surface area contributed by atoms with Gasteiger partial charge in [-0.15, -0.1) is 0 Å². The molecule has 1 atom stereocenters. The summed E-state index contributed by atoms with van der Waals surface area (Å²) in [4.78, 5) is 22.0. The van der Waals surface area contributed by atoms with E-state index in [2.05, 4.69) is 10.6 Å². The maximum atomic E-state index is 11.5. The smallest absolute Gasteiger partial charge is 0.325 e. The first-order valence-electron chi connectivity index (χ1n) is 6.35. The summed E-state index contributed by atoms with van der Waals surface area (Å²) < 4.78 is 0. The molecule has 2 rings (SSSR count). The first-order chi connectivity index (χ1) is 8.08. The van der Waals surface area contributed by atoms with Crippen molar-refractivity contribution >= 4 is 12.0 Å². The van der Waals surface area contributed by atoms with Gasteiger partial charge in [-0.1, -0.05) is 0 Å². The van der Waals surface area contributed by atoms with E-state index in [0.717, 1.165) is 11.8 Å². The van der Waals surface area contributed by atoms with Crippen molar-refractivity contribution < 1.29 is 14.7 Å². The highest BCUT2D eigenvalue weighted by Crippen LogP contribution is 2.48. The van der Waals surface area contributed by atoms with Gasteiger partial charge in [-0.3, -0.25) is 4.79 Å². The number of carboxylic acids is 1. The van der Waals surface area contributed by atoms with Crippen LogP contribution in [0.15, 0.2) is 0 Å². The van der Waals surface area contributed by atoms with E-state index in [4.69, 9.17) is 5.11 Å². The summed E-state index contributed by atoms with van der Waals surface area (Å²) in [7, 11) is 0. The SMILES string of the molecule is C[C@@H](NC(=O)NCC(C1CC1)C1CC1)C(=O)O. The Hall–Kier alpha value is -1.26. The zero-order chi connectivity index (χ0) is 12.4. The van der Waals surface area contributed by atoms with Crippen LogP contribution in [0.1, 0.15) is 32.6 Å². The van der Waals surface area contributed by atoms with Gasteiger partial charge in [0.1, 0.15) is 6.04 Å². The molecule has 2 aliphatic rings. The summed E-state index contributed by atoms with van der Waals surface area (Å²) in [6.07, 6.45) is 5.15. The number of carboxylic acid groups (broad SMARTS) is 1. The van der Waals surface area contributed by atoms with Crippen LogP contribution >= 0.6 is 0 Å². The minimum Gasteiger partial charge on any atom is -0.480 e. The number of nitrogens with one attached hydrogen (secondary N) is 2. The van der Waals surface area contributed by atoms with Gasteiger partial charge in [0, 0.05) is 6.54 Å². The van der Waals surface area contributed by atoms with Crippen molar-refractivity contribution in [2.24, 2.45) is 17.8 Å². The Labute approximate surface area is 101 Å². The summed E-state index contributed by atoms with van der Waals surface area (Å²) in [6.45, 7) is 2.15. The van der Waals surface area contributed by atoms with Gasteiger partial charge in [0.25, 0.3) is 0 Å². The summed E-state index contributed by atoms with van der Waals surface area (Å²) in [6, 6.07) is -1.21. The topological polar surface area (TPSA) is 78.4 Å². The lowest BCUT2D eigenvalue weighted by molar-refractivity contribution is -0.138. The minimum absolute atomic E-state index is 0.369. The summed E-state index contributed by atoms with van der Waals surface area (Å²) in [5.74, 6) is 1.18. The molecule has 2 fully saturated rings. The molecule has 5 nitrogen and oxygen atoms in total. The Morgan fingerprint density at radius 3 is 2.18 bits per heavy atom. The van der Waals surface area contributed by atoms with Crippen LogP contribution in [0.3, 0.4) is 0 Å². The van der Waals surface area contributed by atoms with Gasteiger partial charge in [-0.25, -0.2) is 4.79 Å². The van der Waals surface area contributed by atoms with Gasteiger partial charge >= 0.3 is 12.0 Å². The number of aliphatic carboxylic acids is 1. The first-order valence-corrected chi connectivity index (χ1v) is 6.35. The summed E-state index contributed by atoms with van der Waals surface area (Å²) >= 11 is 0. The van der Waals surface area contributed by atoms with Crippen molar-refractivity contribution in [1.82, 2.24) is 10.6 Å². The van der Waals surface area contributed by atoms with E-state index in [1.165, 1.54) is 32.6 Å². The molecule has 0 spiro atoms. The molecule has 0 aromatic heterocycles. The van der Waals surface area contributed by atoms with Crippen LogP contribution in [0.4, 0.5) is 4.79 Å². The van der Waals surface area contributed by atoms with Crippen molar-refractivity contribution in [3.8, 4) is 0 Å². The zero-order valence-corrected chi connectivity index (χ0v) is 10.1. The molecule has 0 unspecified atom stereocenters. The summed E-state index contributed by atoms with van der Waals surface area (Å²) in [5.41, 5.74) is 0. The third-order valence-corrected chi connectivity index (χ3v) is 3.67. The quantitative estimate of drug-likeness (QED) is 0.652. The molecule has 0 radical (unpaired) electrons. The molecule has 3 N–H and O–H groups in total. The van der Waals surface area contributed by atoms with E-state index in [9.17, 15) is 9.59 Å². The minimum atomic E-state index is -1.01. The lowest BCUT2D eigenvalue weighted by Gasteiger charge is -2.17. The predicted molar refractivity (Wildman–Crippen MR) is 62.6 cm³/mol. The molecule has 2 aliphatic carbocycles. The third-order valence-electron chi connectivity index (χ3n) is 3.67. The Balaban J connectivity index is 1.69. The average molecular weight is 240 g/mol. The number of urea groups is 1. The Bertz CT molecular complexity index is 299. The molecule has 0 bridgehead atoms. The standard InChI is InChI=1S/C12H20N2O3/c1-7(11(15)16)14-12(17)13-6-10(8-2-3-8)9-4-5-9/h7-10H,2-6H2,1H3,(H,15,16)(H2,13,14,17)/t7-/m1/s1. The average Bonchev–Trinajstić information content (AvgIpc) is 3.12.